The fourth-order valence-corrected chi connectivity index (χ4v) is 9.45. The Morgan fingerprint density at radius 2 is 1.25 bits per heavy atom. The lowest BCUT2D eigenvalue weighted by Gasteiger charge is -2.36. The first kappa shape index (κ1) is 35.1. The SMILES string of the molecule is Cc1cccc(C)c1B1N(C)c2ccc(Oc3ccc4c5cc(-n6c7ccccc7c7ccccc76)ccc5n(-c5cc(C(C)(C)C)ccn5)c4c3)cc2-c2nccn21. The second-order valence-corrected chi connectivity index (χ2v) is 17.0. The molecule has 10 aromatic rings. The van der Waals surface area contributed by atoms with E-state index in [1.165, 1.54) is 44.0 Å². The summed E-state index contributed by atoms with van der Waals surface area (Å²) in [4.78, 5) is 12.2. The van der Waals surface area contributed by atoms with E-state index >= 15 is 0 Å². The van der Waals surface area contributed by atoms with Crippen LogP contribution in [0.4, 0.5) is 5.69 Å². The van der Waals surface area contributed by atoms with Crippen LogP contribution in [0.5, 0.6) is 11.5 Å². The number of pyridine rings is 1. The molecule has 1 aliphatic heterocycles. The number of anilines is 1. The first-order chi connectivity index (χ1) is 28.6. The molecule has 0 N–H and O–H groups in total. The van der Waals surface area contributed by atoms with Crippen LogP contribution in [0, 0.1) is 13.8 Å². The summed E-state index contributed by atoms with van der Waals surface area (Å²) in [7, 11) is 2.17. The molecule has 7 nitrogen and oxygen atoms in total. The topological polar surface area (TPSA) is 53.0 Å². The second kappa shape index (κ2) is 13.0. The summed E-state index contributed by atoms with van der Waals surface area (Å²) in [6, 6.07) is 47.8. The molecule has 0 fully saturated rings. The van der Waals surface area contributed by atoms with Gasteiger partial charge in [-0.1, -0.05) is 86.5 Å². The van der Waals surface area contributed by atoms with Crippen molar-refractivity contribution < 1.29 is 4.74 Å². The van der Waals surface area contributed by atoms with Crippen LogP contribution in [0.25, 0.3) is 66.5 Å². The number of hydrogen-bond donors (Lipinski definition) is 0. The lowest BCUT2D eigenvalue weighted by Crippen LogP contribution is -2.56. The van der Waals surface area contributed by atoms with Crippen molar-refractivity contribution in [3.63, 3.8) is 0 Å². The molecule has 0 saturated heterocycles. The summed E-state index contributed by atoms with van der Waals surface area (Å²) in [5, 5.41) is 4.77. The van der Waals surface area contributed by atoms with Crippen LogP contribution in [0.3, 0.4) is 0 Å². The molecule has 4 aromatic heterocycles. The lowest BCUT2D eigenvalue weighted by atomic mass is 9.60. The maximum absolute atomic E-state index is 6.78. The number of rotatable bonds is 5. The van der Waals surface area contributed by atoms with E-state index < -0.39 is 0 Å². The minimum Gasteiger partial charge on any atom is -0.457 e. The van der Waals surface area contributed by atoms with E-state index in [2.05, 4.69) is 200 Å². The molecular formula is C51H43BN6O. The number of hydrogen-bond acceptors (Lipinski definition) is 4. The quantitative estimate of drug-likeness (QED) is 0.164. The first-order valence-corrected chi connectivity index (χ1v) is 20.3. The minimum absolute atomic E-state index is 0.00170. The number of nitrogens with zero attached hydrogens (tertiary/aromatic N) is 6. The largest absolute Gasteiger partial charge is 0.457 e. The Morgan fingerprint density at radius 3 is 2.00 bits per heavy atom. The molecule has 0 radical (unpaired) electrons. The van der Waals surface area contributed by atoms with E-state index in [4.69, 9.17) is 14.7 Å². The first-order valence-electron chi connectivity index (χ1n) is 20.3. The lowest BCUT2D eigenvalue weighted by molar-refractivity contribution is 0.483. The van der Waals surface area contributed by atoms with Crippen molar-refractivity contribution in [1.29, 1.82) is 0 Å². The van der Waals surface area contributed by atoms with Crippen molar-refractivity contribution in [3.8, 4) is 34.4 Å². The molecule has 8 heteroatoms. The monoisotopic (exact) mass is 766 g/mol. The van der Waals surface area contributed by atoms with Gasteiger partial charge in [-0.3, -0.25) is 4.57 Å². The number of benzene rings is 6. The maximum Gasteiger partial charge on any atom is 0.417 e. The number of fused-ring (bicyclic) bond motifs is 9. The zero-order valence-electron chi connectivity index (χ0n) is 34.1. The highest BCUT2D eigenvalue weighted by molar-refractivity contribution is 6.77. The molecule has 0 spiro atoms. The van der Waals surface area contributed by atoms with Gasteiger partial charge in [0.15, 0.2) is 0 Å². The Kier molecular flexibility index (Phi) is 7.73. The van der Waals surface area contributed by atoms with E-state index in [0.29, 0.717) is 0 Å². The van der Waals surface area contributed by atoms with Crippen LogP contribution in [0.15, 0.2) is 152 Å². The van der Waals surface area contributed by atoms with E-state index in [1.807, 2.05) is 12.4 Å². The van der Waals surface area contributed by atoms with Crippen LogP contribution in [0.2, 0.25) is 0 Å². The number of ether oxygens (including phenoxy) is 1. The number of imidazole rings is 1. The highest BCUT2D eigenvalue weighted by Gasteiger charge is 2.37. The average Bonchev–Trinajstić information content (AvgIpc) is 3.94. The summed E-state index contributed by atoms with van der Waals surface area (Å²) >= 11 is 0. The van der Waals surface area contributed by atoms with Crippen molar-refractivity contribution >= 4 is 61.7 Å². The fraction of sp³-hybridized carbons (Fsp3) is 0.137. The molecule has 286 valence electrons. The molecule has 0 bridgehead atoms. The van der Waals surface area contributed by atoms with Gasteiger partial charge in [-0.15, -0.1) is 0 Å². The van der Waals surface area contributed by atoms with Crippen molar-refractivity contribution in [2.75, 3.05) is 11.9 Å². The molecule has 0 saturated carbocycles. The molecule has 0 aliphatic carbocycles. The fourth-order valence-electron chi connectivity index (χ4n) is 9.45. The third-order valence-electron chi connectivity index (χ3n) is 12.3. The van der Waals surface area contributed by atoms with Gasteiger partial charge < -0.3 is 18.6 Å². The summed E-state index contributed by atoms with van der Waals surface area (Å²) in [5.41, 5.74) is 12.8. The summed E-state index contributed by atoms with van der Waals surface area (Å²) < 4.78 is 13.7. The van der Waals surface area contributed by atoms with E-state index in [-0.39, 0.29) is 12.4 Å². The van der Waals surface area contributed by atoms with Gasteiger partial charge in [-0.05, 0) is 110 Å². The molecular weight excluding hydrogens is 723 g/mol. The number of aromatic nitrogens is 5. The van der Waals surface area contributed by atoms with E-state index in [0.717, 1.165) is 61.9 Å². The third kappa shape index (κ3) is 5.43. The molecule has 6 aromatic carbocycles. The summed E-state index contributed by atoms with van der Waals surface area (Å²) in [5.74, 6) is 3.30. The highest BCUT2D eigenvalue weighted by Crippen LogP contribution is 2.41. The van der Waals surface area contributed by atoms with Gasteiger partial charge in [0.2, 0.25) is 0 Å². The smallest absolute Gasteiger partial charge is 0.417 e. The van der Waals surface area contributed by atoms with Crippen LogP contribution >= 0.6 is 0 Å². The second-order valence-electron chi connectivity index (χ2n) is 17.0. The Hall–Kier alpha value is -7.06. The van der Waals surface area contributed by atoms with E-state index in [1.54, 1.807) is 0 Å². The third-order valence-corrected chi connectivity index (χ3v) is 12.3. The van der Waals surface area contributed by atoms with Crippen LogP contribution < -0.4 is 15.0 Å². The Balaban J connectivity index is 1.05. The molecule has 59 heavy (non-hydrogen) atoms. The molecule has 1 aliphatic rings. The predicted molar refractivity (Wildman–Crippen MR) is 244 cm³/mol. The van der Waals surface area contributed by atoms with E-state index in [9.17, 15) is 0 Å². The number of para-hydroxylation sites is 2. The van der Waals surface area contributed by atoms with Crippen molar-refractivity contribution in [2.24, 2.45) is 0 Å². The number of aryl methyl sites for hydroxylation is 2. The van der Waals surface area contributed by atoms with Crippen molar-refractivity contribution in [3.05, 3.63) is 169 Å². The predicted octanol–water partition coefficient (Wildman–Crippen LogP) is 11.5. The van der Waals surface area contributed by atoms with Crippen LogP contribution in [-0.2, 0) is 5.41 Å². The molecule has 5 heterocycles. The van der Waals surface area contributed by atoms with Crippen LogP contribution in [0.1, 0.15) is 37.5 Å². The van der Waals surface area contributed by atoms with Gasteiger partial charge in [-0.2, -0.15) is 0 Å². The van der Waals surface area contributed by atoms with Gasteiger partial charge in [0.25, 0.3) is 0 Å². The zero-order chi connectivity index (χ0) is 40.2. The Morgan fingerprint density at radius 1 is 0.576 bits per heavy atom. The molecule has 0 atom stereocenters. The molecule has 0 unspecified atom stereocenters. The Bertz CT molecular complexity index is 3240. The summed E-state index contributed by atoms with van der Waals surface area (Å²) in [6.07, 6.45) is 5.91. The van der Waals surface area contributed by atoms with Gasteiger partial charge in [0.05, 0.1) is 22.1 Å². The van der Waals surface area contributed by atoms with Gasteiger partial charge in [-0.25, -0.2) is 9.97 Å². The normalized spacial score (nSPS) is 12.8. The average molecular weight is 767 g/mol. The van der Waals surface area contributed by atoms with Gasteiger partial charge >= 0.3 is 6.98 Å². The zero-order valence-corrected chi connectivity index (χ0v) is 34.1. The minimum atomic E-state index is -0.0393. The molecule has 11 rings (SSSR count). The highest BCUT2D eigenvalue weighted by atomic mass is 16.5. The maximum atomic E-state index is 6.78. The van der Waals surface area contributed by atoms with Crippen molar-refractivity contribution in [2.45, 2.75) is 40.0 Å². The summed E-state index contributed by atoms with van der Waals surface area (Å²) in [6.45, 7) is 11.1. The van der Waals surface area contributed by atoms with Gasteiger partial charge in [0.1, 0.15) is 23.1 Å². The Labute approximate surface area is 343 Å². The molecule has 0 amide bonds. The van der Waals surface area contributed by atoms with Crippen LogP contribution in [-0.4, -0.2) is 37.6 Å². The van der Waals surface area contributed by atoms with Crippen molar-refractivity contribution in [1.82, 2.24) is 23.6 Å². The standard InChI is InChI=1S/C51H43BN6O/c1-32-12-11-13-33(2)49(32)52-55(6)43-23-20-36(30-42(43)50-54-26-27-56(50)52)59-37-19-21-40-41-29-35(57-44-16-9-7-14-38(44)39-15-8-10-17-45(39)57)18-22-46(41)58(47(40)31-37)48-28-34(24-25-53-48)51(3,4)5/h7-31H,1-6H3. The van der Waals surface area contributed by atoms with Gasteiger partial charge in [0, 0.05) is 63.1 Å².